The predicted octanol–water partition coefficient (Wildman–Crippen LogP) is 5.47. The van der Waals surface area contributed by atoms with Crippen molar-refractivity contribution in [3.63, 3.8) is 0 Å². The highest BCUT2D eigenvalue weighted by Crippen LogP contribution is 2.39. The van der Waals surface area contributed by atoms with Crippen LogP contribution >= 0.6 is 70.4 Å². The highest BCUT2D eigenvalue weighted by Gasteiger charge is 2.18. The van der Waals surface area contributed by atoms with Crippen molar-refractivity contribution in [2.75, 3.05) is 0 Å². The molecule has 3 rings (SSSR count). The van der Waals surface area contributed by atoms with E-state index in [0.29, 0.717) is 0 Å². The zero-order valence-corrected chi connectivity index (χ0v) is 17.3. The molecule has 0 saturated carbocycles. The molecule has 1 unspecified atom stereocenters. The van der Waals surface area contributed by atoms with Gasteiger partial charge in [0.15, 0.2) is 0 Å². The molecule has 21 heavy (non-hydrogen) atoms. The number of imidazole rings is 1. The van der Waals surface area contributed by atoms with Crippen molar-refractivity contribution in [1.29, 1.82) is 0 Å². The number of rotatable bonds is 2. The summed E-state index contributed by atoms with van der Waals surface area (Å²) in [4.78, 5) is 17.0. The van der Waals surface area contributed by atoms with E-state index < -0.39 is 0 Å². The van der Waals surface area contributed by atoms with Gasteiger partial charge < -0.3 is 9.97 Å². The van der Waals surface area contributed by atoms with Crippen molar-refractivity contribution in [2.45, 2.75) is 4.83 Å². The van der Waals surface area contributed by atoms with Gasteiger partial charge in [-0.05, 0) is 64.0 Å². The van der Waals surface area contributed by atoms with E-state index >= 15 is 0 Å². The first-order chi connectivity index (χ1) is 9.95. The van der Waals surface area contributed by atoms with Crippen LogP contribution in [0, 0.1) is 3.57 Å². The topological polar surface area (TPSA) is 48.6 Å². The van der Waals surface area contributed by atoms with E-state index in [4.69, 9.17) is 0 Å². The summed E-state index contributed by atoms with van der Waals surface area (Å²) in [5, 5.41) is 0. The Morgan fingerprint density at radius 1 is 1.00 bits per heavy atom. The van der Waals surface area contributed by atoms with Crippen LogP contribution in [-0.2, 0) is 0 Å². The van der Waals surface area contributed by atoms with E-state index in [-0.39, 0.29) is 10.5 Å². The molecule has 0 bridgehead atoms. The van der Waals surface area contributed by atoms with E-state index in [9.17, 15) is 4.79 Å². The Kier molecular flexibility index (Phi) is 4.63. The lowest BCUT2D eigenvalue weighted by Crippen LogP contribution is -1.99. The number of H-pyrrole nitrogens is 2. The van der Waals surface area contributed by atoms with Crippen LogP contribution in [0.25, 0.3) is 11.0 Å². The Morgan fingerprint density at radius 3 is 2.38 bits per heavy atom. The summed E-state index contributed by atoms with van der Waals surface area (Å²) in [6, 6.07) is 10.1. The second kappa shape index (κ2) is 6.17. The van der Waals surface area contributed by atoms with Gasteiger partial charge >= 0.3 is 5.69 Å². The van der Waals surface area contributed by atoms with Gasteiger partial charge in [-0.3, -0.25) is 0 Å². The summed E-state index contributed by atoms with van der Waals surface area (Å²) in [5.41, 5.74) is 3.63. The molecule has 2 aromatic carbocycles. The first-order valence-corrected chi connectivity index (χ1v) is 9.54. The Morgan fingerprint density at radius 2 is 1.67 bits per heavy atom. The van der Waals surface area contributed by atoms with E-state index in [0.717, 1.165) is 25.5 Å². The van der Waals surface area contributed by atoms with Gasteiger partial charge in [0.2, 0.25) is 0 Å². The average molecular weight is 587 g/mol. The van der Waals surface area contributed by atoms with E-state index in [1.165, 1.54) is 9.13 Å². The molecule has 0 spiro atoms. The largest absolute Gasteiger partial charge is 0.323 e. The highest BCUT2D eigenvalue weighted by atomic mass is 127. The lowest BCUT2D eigenvalue weighted by molar-refractivity contribution is 1.15. The fourth-order valence-electron chi connectivity index (χ4n) is 2.14. The summed E-state index contributed by atoms with van der Waals surface area (Å²) in [5.74, 6) is 0. The van der Waals surface area contributed by atoms with Gasteiger partial charge in [-0.2, -0.15) is 0 Å². The summed E-state index contributed by atoms with van der Waals surface area (Å²) >= 11 is 13.2. The fourth-order valence-corrected chi connectivity index (χ4v) is 5.23. The van der Waals surface area contributed by atoms with Crippen LogP contribution in [0.2, 0.25) is 0 Å². The van der Waals surface area contributed by atoms with Crippen LogP contribution < -0.4 is 5.69 Å². The van der Waals surface area contributed by atoms with Gasteiger partial charge in [0.05, 0.1) is 15.9 Å². The number of halogens is 4. The molecule has 1 aromatic heterocycles. The number of alkyl halides is 1. The summed E-state index contributed by atoms with van der Waals surface area (Å²) in [6.45, 7) is 0. The lowest BCUT2D eigenvalue weighted by atomic mass is 10.0. The first kappa shape index (κ1) is 15.8. The first-order valence-electron chi connectivity index (χ1n) is 5.96. The maximum absolute atomic E-state index is 11.4. The Labute approximate surface area is 159 Å². The molecule has 0 aliphatic carbocycles. The molecule has 0 aliphatic rings. The Balaban J connectivity index is 2.16. The van der Waals surface area contributed by atoms with Gasteiger partial charge in [-0.25, -0.2) is 4.79 Å². The SMILES string of the molecule is O=c1[nH]c2cc(Br)c(C(Br)c3cc(Br)ccc3I)cc2[nH]1. The van der Waals surface area contributed by atoms with Crippen molar-refractivity contribution in [1.82, 2.24) is 9.97 Å². The molecule has 0 radical (unpaired) electrons. The maximum Gasteiger partial charge on any atom is 0.323 e. The number of nitrogens with one attached hydrogen (secondary N) is 2. The lowest BCUT2D eigenvalue weighted by Gasteiger charge is -2.15. The summed E-state index contributed by atoms with van der Waals surface area (Å²) in [6.07, 6.45) is 0. The smallest absolute Gasteiger partial charge is 0.306 e. The van der Waals surface area contributed by atoms with Gasteiger partial charge in [0.1, 0.15) is 0 Å². The molecule has 1 heterocycles. The van der Waals surface area contributed by atoms with Crippen molar-refractivity contribution in [3.8, 4) is 0 Å². The fraction of sp³-hybridized carbons (Fsp3) is 0.0714. The number of aromatic amines is 2. The van der Waals surface area contributed by atoms with Gasteiger partial charge in [-0.1, -0.05) is 47.8 Å². The number of fused-ring (bicyclic) bond motifs is 1. The van der Waals surface area contributed by atoms with Crippen LogP contribution in [0.3, 0.4) is 0 Å². The third kappa shape index (κ3) is 3.16. The third-order valence-electron chi connectivity index (χ3n) is 3.14. The molecule has 0 amide bonds. The minimum absolute atomic E-state index is 0.0269. The number of aromatic nitrogens is 2. The third-order valence-corrected chi connectivity index (χ3v) is 6.29. The van der Waals surface area contributed by atoms with Crippen LogP contribution in [0.1, 0.15) is 16.0 Å². The maximum atomic E-state index is 11.4. The number of hydrogen-bond acceptors (Lipinski definition) is 1. The quantitative estimate of drug-likeness (QED) is 0.304. The highest BCUT2D eigenvalue weighted by molar-refractivity contribution is 14.1. The van der Waals surface area contributed by atoms with Crippen molar-refractivity contribution < 1.29 is 0 Å². The average Bonchev–Trinajstić information content (AvgIpc) is 2.79. The number of benzene rings is 2. The van der Waals surface area contributed by atoms with Crippen molar-refractivity contribution >= 4 is 81.4 Å². The molecule has 7 heteroatoms. The molecular weight excluding hydrogens is 579 g/mol. The molecule has 1 atom stereocenters. The van der Waals surface area contributed by atoms with Crippen LogP contribution in [-0.4, -0.2) is 9.97 Å². The van der Waals surface area contributed by atoms with Crippen molar-refractivity contribution in [2.24, 2.45) is 0 Å². The monoisotopic (exact) mass is 584 g/mol. The summed E-state index contributed by atoms with van der Waals surface area (Å²) in [7, 11) is 0. The second-order valence-corrected chi connectivity index (χ2v) is 8.37. The van der Waals surface area contributed by atoms with Gasteiger partial charge in [-0.15, -0.1) is 0 Å². The minimum Gasteiger partial charge on any atom is -0.306 e. The number of hydrogen-bond donors (Lipinski definition) is 2. The minimum atomic E-state index is -0.197. The van der Waals surface area contributed by atoms with Crippen LogP contribution in [0.15, 0.2) is 44.1 Å². The Bertz CT molecular complexity index is 888. The van der Waals surface area contributed by atoms with Gasteiger partial charge in [0.25, 0.3) is 0 Å². The second-order valence-electron chi connectivity index (χ2n) is 4.53. The zero-order valence-electron chi connectivity index (χ0n) is 10.4. The molecular formula is C14H8Br3IN2O. The van der Waals surface area contributed by atoms with Crippen LogP contribution in [0.5, 0.6) is 0 Å². The molecule has 0 saturated heterocycles. The molecule has 108 valence electrons. The van der Waals surface area contributed by atoms with Crippen molar-refractivity contribution in [3.05, 3.63) is 64.5 Å². The van der Waals surface area contributed by atoms with Crippen LogP contribution in [0.4, 0.5) is 0 Å². The molecule has 0 fully saturated rings. The predicted molar refractivity (Wildman–Crippen MR) is 104 cm³/mol. The standard InChI is InChI=1S/C14H8Br3IN2O/c15-6-1-2-10(18)8(3-6)13(17)7-4-11-12(5-9(7)16)20-14(21)19-11/h1-5,13H,(H2,19,20,21). The summed E-state index contributed by atoms with van der Waals surface area (Å²) < 4.78 is 3.16. The molecule has 0 aliphatic heterocycles. The van der Waals surface area contributed by atoms with Gasteiger partial charge in [0, 0.05) is 12.5 Å². The van der Waals surface area contributed by atoms with E-state index in [2.05, 4.69) is 92.5 Å². The normalized spacial score (nSPS) is 12.8. The zero-order chi connectivity index (χ0) is 15.1. The molecule has 2 N–H and O–H groups in total. The Hall–Kier alpha value is -0.120. The van der Waals surface area contributed by atoms with E-state index in [1.807, 2.05) is 18.2 Å². The molecule has 3 nitrogen and oxygen atoms in total. The molecule has 3 aromatic rings. The van der Waals surface area contributed by atoms with E-state index in [1.54, 1.807) is 0 Å².